The molecule has 0 aliphatic heterocycles. The van der Waals surface area contributed by atoms with Gasteiger partial charge in [-0.2, -0.15) is 5.10 Å². The second-order valence-corrected chi connectivity index (χ2v) is 2.91. The van der Waals surface area contributed by atoms with Crippen LogP contribution in [0.1, 0.15) is 0 Å². The van der Waals surface area contributed by atoms with Crippen molar-refractivity contribution in [3.8, 4) is 0 Å². The third kappa shape index (κ3) is 0.767. The summed E-state index contributed by atoms with van der Waals surface area (Å²) >= 11 is 7.16. The summed E-state index contributed by atoms with van der Waals surface area (Å²) in [4.78, 5) is 4.01. The highest BCUT2D eigenvalue weighted by Gasteiger charge is 2.00. The lowest BCUT2D eigenvalue weighted by atomic mass is 10.5. The fraction of sp³-hybridized carbons (Fsp3) is 0. The molecule has 2 heterocycles. The first kappa shape index (κ1) is 6.00. The molecule has 0 fully saturated rings. The molecule has 3 nitrogen and oxygen atoms in total. The van der Waals surface area contributed by atoms with Crippen LogP contribution in [0.4, 0.5) is 0 Å². The van der Waals surface area contributed by atoms with Crippen molar-refractivity contribution in [3.05, 3.63) is 16.9 Å². The highest BCUT2D eigenvalue weighted by molar-refractivity contribution is 7.17. The zero-order chi connectivity index (χ0) is 6.97. The van der Waals surface area contributed by atoms with Gasteiger partial charge in [-0.15, -0.1) is 16.4 Å². The summed E-state index contributed by atoms with van der Waals surface area (Å²) in [6, 6.07) is 0. The molecule has 0 unspecified atom stereocenters. The quantitative estimate of drug-likeness (QED) is 0.606. The van der Waals surface area contributed by atoms with Crippen molar-refractivity contribution in [1.29, 1.82) is 0 Å². The van der Waals surface area contributed by atoms with Gasteiger partial charge in [0.2, 0.25) is 0 Å². The van der Waals surface area contributed by atoms with Crippen LogP contribution in [0.25, 0.3) is 10.2 Å². The van der Waals surface area contributed by atoms with Crippen molar-refractivity contribution in [3.63, 3.8) is 0 Å². The molecule has 0 saturated carbocycles. The van der Waals surface area contributed by atoms with Gasteiger partial charge in [-0.05, 0) is 0 Å². The molecule has 2 aromatic heterocycles. The standard InChI is InChI=1S/C5H2ClN3S/c6-5-4-3(1-8-9-5)7-2-10-4/h1-2H. The molecular formula is C5H2ClN3S. The van der Waals surface area contributed by atoms with Crippen LogP contribution in [-0.4, -0.2) is 15.2 Å². The summed E-state index contributed by atoms with van der Waals surface area (Å²) < 4.78 is 0.900. The van der Waals surface area contributed by atoms with Gasteiger partial charge < -0.3 is 0 Å². The van der Waals surface area contributed by atoms with E-state index in [1.807, 2.05) is 0 Å². The van der Waals surface area contributed by atoms with Gasteiger partial charge in [0.25, 0.3) is 0 Å². The lowest BCUT2D eigenvalue weighted by molar-refractivity contribution is 1.05. The highest BCUT2D eigenvalue weighted by atomic mass is 35.5. The number of hydrogen-bond acceptors (Lipinski definition) is 4. The summed E-state index contributed by atoms with van der Waals surface area (Å²) in [5.74, 6) is 0. The maximum atomic E-state index is 5.70. The van der Waals surface area contributed by atoms with Crippen molar-refractivity contribution in [2.75, 3.05) is 0 Å². The maximum absolute atomic E-state index is 5.70. The van der Waals surface area contributed by atoms with Crippen LogP contribution in [0.3, 0.4) is 0 Å². The van der Waals surface area contributed by atoms with Gasteiger partial charge in [0.15, 0.2) is 5.15 Å². The van der Waals surface area contributed by atoms with E-state index in [1.165, 1.54) is 11.3 Å². The van der Waals surface area contributed by atoms with Gasteiger partial charge in [-0.3, -0.25) is 0 Å². The Morgan fingerprint density at radius 2 is 2.40 bits per heavy atom. The fourth-order valence-corrected chi connectivity index (χ4v) is 1.59. The molecule has 0 aromatic carbocycles. The molecule has 0 spiro atoms. The molecule has 10 heavy (non-hydrogen) atoms. The average Bonchev–Trinajstić information content (AvgIpc) is 2.36. The number of thiazole rings is 1. The van der Waals surface area contributed by atoms with E-state index in [4.69, 9.17) is 11.6 Å². The third-order valence-corrected chi connectivity index (χ3v) is 2.33. The molecule has 0 radical (unpaired) electrons. The van der Waals surface area contributed by atoms with E-state index in [9.17, 15) is 0 Å². The molecule has 0 amide bonds. The van der Waals surface area contributed by atoms with Gasteiger partial charge in [0, 0.05) is 0 Å². The number of aromatic nitrogens is 3. The van der Waals surface area contributed by atoms with Gasteiger partial charge in [-0.25, -0.2) is 4.98 Å². The molecule has 2 rings (SSSR count). The third-order valence-electron chi connectivity index (χ3n) is 1.11. The number of hydrogen-bond donors (Lipinski definition) is 0. The zero-order valence-corrected chi connectivity index (χ0v) is 6.35. The van der Waals surface area contributed by atoms with Gasteiger partial charge >= 0.3 is 0 Å². The van der Waals surface area contributed by atoms with E-state index in [-0.39, 0.29) is 0 Å². The Morgan fingerprint density at radius 1 is 1.50 bits per heavy atom. The molecule has 0 bridgehead atoms. The lowest BCUT2D eigenvalue weighted by Gasteiger charge is -1.85. The Labute approximate surface area is 65.7 Å². The van der Waals surface area contributed by atoms with E-state index in [1.54, 1.807) is 11.7 Å². The second-order valence-electron chi connectivity index (χ2n) is 1.70. The Morgan fingerprint density at radius 3 is 3.20 bits per heavy atom. The molecule has 2 aromatic rings. The van der Waals surface area contributed by atoms with Crippen LogP contribution in [0, 0.1) is 0 Å². The van der Waals surface area contributed by atoms with Crippen molar-refractivity contribution >= 4 is 33.2 Å². The largest absolute Gasteiger partial charge is 0.243 e. The van der Waals surface area contributed by atoms with Crippen LogP contribution in [-0.2, 0) is 0 Å². The predicted molar refractivity (Wildman–Crippen MR) is 40.2 cm³/mol. The Hall–Kier alpha value is -0.740. The molecule has 5 heteroatoms. The smallest absolute Gasteiger partial charge is 0.171 e. The number of halogens is 1. The van der Waals surface area contributed by atoms with Gasteiger partial charge in [-0.1, -0.05) is 11.6 Å². The topological polar surface area (TPSA) is 38.7 Å². The normalized spacial score (nSPS) is 10.5. The van der Waals surface area contributed by atoms with Gasteiger partial charge in [0.1, 0.15) is 5.52 Å². The lowest BCUT2D eigenvalue weighted by Crippen LogP contribution is -1.79. The van der Waals surface area contributed by atoms with Crippen LogP contribution in [0.2, 0.25) is 5.15 Å². The van der Waals surface area contributed by atoms with Crippen LogP contribution >= 0.6 is 22.9 Å². The number of fused-ring (bicyclic) bond motifs is 1. The highest BCUT2D eigenvalue weighted by Crippen LogP contribution is 2.22. The number of nitrogens with zero attached hydrogens (tertiary/aromatic N) is 3. The SMILES string of the molecule is Clc1nncc2ncsc12. The van der Waals surface area contributed by atoms with Crippen molar-refractivity contribution in [2.24, 2.45) is 0 Å². The minimum Gasteiger partial charge on any atom is -0.243 e. The molecule has 0 N–H and O–H groups in total. The Bertz CT molecular complexity index is 358. The fourth-order valence-electron chi connectivity index (χ4n) is 0.681. The summed E-state index contributed by atoms with van der Waals surface area (Å²) in [7, 11) is 0. The van der Waals surface area contributed by atoms with E-state index in [0.717, 1.165) is 10.2 Å². The molecule has 50 valence electrons. The molecule has 0 saturated heterocycles. The van der Waals surface area contributed by atoms with E-state index in [0.29, 0.717) is 5.15 Å². The maximum Gasteiger partial charge on any atom is 0.171 e. The molecule has 0 atom stereocenters. The first-order valence-corrected chi connectivity index (χ1v) is 3.84. The van der Waals surface area contributed by atoms with Crippen molar-refractivity contribution in [1.82, 2.24) is 15.2 Å². The second kappa shape index (κ2) is 2.14. The van der Waals surface area contributed by atoms with Gasteiger partial charge in [0.05, 0.1) is 16.4 Å². The first-order chi connectivity index (χ1) is 4.88. The first-order valence-electron chi connectivity index (χ1n) is 2.58. The van der Waals surface area contributed by atoms with Crippen molar-refractivity contribution in [2.45, 2.75) is 0 Å². The molecule has 0 aliphatic rings. The van der Waals surface area contributed by atoms with Crippen molar-refractivity contribution < 1.29 is 0 Å². The zero-order valence-electron chi connectivity index (χ0n) is 4.78. The molecular weight excluding hydrogens is 170 g/mol. The number of rotatable bonds is 0. The van der Waals surface area contributed by atoms with E-state index < -0.39 is 0 Å². The summed E-state index contributed by atoms with van der Waals surface area (Å²) in [6.45, 7) is 0. The molecule has 0 aliphatic carbocycles. The predicted octanol–water partition coefficient (Wildman–Crippen LogP) is 1.74. The summed E-state index contributed by atoms with van der Waals surface area (Å²) in [5, 5.41) is 7.74. The summed E-state index contributed by atoms with van der Waals surface area (Å²) in [6.07, 6.45) is 1.59. The Balaban J connectivity index is 2.95. The Kier molecular flexibility index (Phi) is 1.28. The van der Waals surface area contributed by atoms with Crippen LogP contribution < -0.4 is 0 Å². The minimum atomic E-state index is 0.431. The van der Waals surface area contributed by atoms with Crippen LogP contribution in [0.5, 0.6) is 0 Å². The average molecular weight is 172 g/mol. The monoisotopic (exact) mass is 171 g/mol. The van der Waals surface area contributed by atoms with E-state index >= 15 is 0 Å². The van der Waals surface area contributed by atoms with Crippen LogP contribution in [0.15, 0.2) is 11.7 Å². The van der Waals surface area contributed by atoms with E-state index in [2.05, 4.69) is 15.2 Å². The minimum absolute atomic E-state index is 0.431. The summed E-state index contributed by atoms with van der Waals surface area (Å²) in [5.41, 5.74) is 2.53.